The minimum Gasteiger partial charge on any atom is -0.379 e. The molecule has 17 heavy (non-hydrogen) atoms. The molecular weight excluding hydrogens is 238 g/mol. The summed E-state index contributed by atoms with van der Waals surface area (Å²) in [7, 11) is 0. The summed E-state index contributed by atoms with van der Waals surface area (Å²) in [4.78, 5) is 8.26. The molecule has 0 aromatic carbocycles. The summed E-state index contributed by atoms with van der Waals surface area (Å²) in [5.74, 6) is 0.812. The molecule has 0 fully saturated rings. The van der Waals surface area contributed by atoms with E-state index in [0.717, 1.165) is 36.6 Å². The van der Waals surface area contributed by atoms with Crippen molar-refractivity contribution in [3.05, 3.63) is 16.5 Å². The van der Waals surface area contributed by atoms with Gasteiger partial charge < -0.3 is 10.1 Å². The molecule has 0 saturated carbocycles. The van der Waals surface area contributed by atoms with E-state index in [4.69, 9.17) is 16.3 Å². The number of aromatic nitrogens is 2. The number of hydrogen-bond donors (Lipinski definition) is 1. The molecule has 1 heterocycles. The summed E-state index contributed by atoms with van der Waals surface area (Å²) >= 11 is 5.82. The number of ether oxygens (including phenoxy) is 1. The van der Waals surface area contributed by atoms with Crippen LogP contribution in [-0.4, -0.2) is 29.2 Å². The van der Waals surface area contributed by atoms with Gasteiger partial charge in [-0.2, -0.15) is 0 Å². The van der Waals surface area contributed by atoms with Gasteiger partial charge in [0, 0.05) is 24.4 Å². The van der Waals surface area contributed by atoms with Crippen LogP contribution < -0.4 is 5.32 Å². The summed E-state index contributed by atoms with van der Waals surface area (Å²) in [5, 5.41) is 3.54. The van der Waals surface area contributed by atoms with Crippen LogP contribution in [0.5, 0.6) is 0 Å². The van der Waals surface area contributed by atoms with E-state index in [1.165, 1.54) is 0 Å². The number of aryl methyl sites for hydroxylation is 1. The largest absolute Gasteiger partial charge is 0.379 e. The van der Waals surface area contributed by atoms with Crippen LogP contribution in [0.2, 0.25) is 5.28 Å². The zero-order chi connectivity index (χ0) is 12.8. The second-order valence-corrected chi connectivity index (χ2v) is 4.59. The average Bonchev–Trinajstić information content (AvgIpc) is 2.23. The summed E-state index contributed by atoms with van der Waals surface area (Å²) in [5.41, 5.74) is 1.95. The fourth-order valence-corrected chi connectivity index (χ4v) is 1.58. The van der Waals surface area contributed by atoms with E-state index in [1.54, 1.807) is 0 Å². The smallest absolute Gasteiger partial charge is 0.224 e. The highest BCUT2D eigenvalue weighted by molar-refractivity contribution is 6.28. The summed E-state index contributed by atoms with van der Waals surface area (Å²) in [6.07, 6.45) is 1.23. The van der Waals surface area contributed by atoms with Gasteiger partial charge >= 0.3 is 0 Å². The molecule has 1 aromatic heterocycles. The van der Waals surface area contributed by atoms with E-state index in [1.807, 2.05) is 27.7 Å². The number of rotatable bonds is 6. The van der Waals surface area contributed by atoms with Crippen LogP contribution in [-0.2, 0) is 4.74 Å². The van der Waals surface area contributed by atoms with Gasteiger partial charge in [0.25, 0.3) is 0 Å². The lowest BCUT2D eigenvalue weighted by atomic mass is 10.2. The van der Waals surface area contributed by atoms with E-state index in [0.29, 0.717) is 0 Å². The molecule has 0 amide bonds. The van der Waals surface area contributed by atoms with Gasteiger partial charge in [-0.1, -0.05) is 0 Å². The molecule has 5 heteroatoms. The highest BCUT2D eigenvalue weighted by Crippen LogP contribution is 2.16. The highest BCUT2D eigenvalue weighted by atomic mass is 35.5. The van der Waals surface area contributed by atoms with Crippen LogP contribution >= 0.6 is 11.6 Å². The zero-order valence-electron chi connectivity index (χ0n) is 10.9. The van der Waals surface area contributed by atoms with Crippen molar-refractivity contribution < 1.29 is 4.74 Å². The van der Waals surface area contributed by atoms with Crippen LogP contribution in [0.3, 0.4) is 0 Å². The Kier molecular flexibility index (Phi) is 5.65. The third kappa shape index (κ3) is 4.88. The van der Waals surface area contributed by atoms with Gasteiger partial charge in [0.05, 0.1) is 6.10 Å². The van der Waals surface area contributed by atoms with Crippen molar-refractivity contribution in [1.29, 1.82) is 0 Å². The first-order valence-electron chi connectivity index (χ1n) is 5.87. The minimum atomic E-state index is 0.285. The first-order valence-corrected chi connectivity index (χ1v) is 6.24. The quantitative estimate of drug-likeness (QED) is 0.629. The van der Waals surface area contributed by atoms with E-state index in [2.05, 4.69) is 15.3 Å². The maximum atomic E-state index is 5.82. The number of nitrogens with zero attached hydrogens (tertiary/aromatic N) is 2. The van der Waals surface area contributed by atoms with Gasteiger partial charge in [0.1, 0.15) is 5.82 Å². The van der Waals surface area contributed by atoms with E-state index in [9.17, 15) is 0 Å². The van der Waals surface area contributed by atoms with E-state index < -0.39 is 0 Å². The van der Waals surface area contributed by atoms with Crippen LogP contribution in [0.25, 0.3) is 0 Å². The molecule has 1 rings (SSSR count). The summed E-state index contributed by atoms with van der Waals surface area (Å²) in [6.45, 7) is 9.55. The molecule has 0 saturated heterocycles. The standard InChI is InChI=1S/C12H20ClN3O/c1-8(2)17-7-5-6-14-11-9(3)10(4)15-12(13)16-11/h8H,5-7H2,1-4H3,(H,14,15,16). The molecule has 0 spiro atoms. The van der Waals surface area contributed by atoms with Crippen molar-refractivity contribution in [1.82, 2.24) is 9.97 Å². The molecule has 1 aromatic rings. The lowest BCUT2D eigenvalue weighted by Gasteiger charge is -2.11. The molecule has 4 nitrogen and oxygen atoms in total. The van der Waals surface area contributed by atoms with Gasteiger partial charge in [0.15, 0.2) is 0 Å². The Bertz CT molecular complexity index is 369. The lowest BCUT2D eigenvalue weighted by Crippen LogP contribution is -2.11. The van der Waals surface area contributed by atoms with Gasteiger partial charge in [-0.05, 0) is 45.7 Å². The molecule has 0 atom stereocenters. The molecule has 0 aliphatic heterocycles. The Morgan fingerprint density at radius 2 is 2.00 bits per heavy atom. The van der Waals surface area contributed by atoms with Crippen molar-refractivity contribution in [3.63, 3.8) is 0 Å². The fraction of sp³-hybridized carbons (Fsp3) is 0.667. The first kappa shape index (κ1) is 14.2. The second kappa shape index (κ2) is 6.77. The molecule has 0 unspecified atom stereocenters. The SMILES string of the molecule is Cc1nc(Cl)nc(NCCCOC(C)C)c1C. The molecule has 0 aliphatic carbocycles. The van der Waals surface area contributed by atoms with E-state index >= 15 is 0 Å². The average molecular weight is 258 g/mol. The summed E-state index contributed by atoms with van der Waals surface area (Å²) < 4.78 is 5.46. The topological polar surface area (TPSA) is 47.0 Å². The Morgan fingerprint density at radius 1 is 1.29 bits per heavy atom. The van der Waals surface area contributed by atoms with Crippen LogP contribution in [0, 0.1) is 13.8 Å². The monoisotopic (exact) mass is 257 g/mol. The Balaban J connectivity index is 2.41. The minimum absolute atomic E-state index is 0.285. The van der Waals surface area contributed by atoms with E-state index in [-0.39, 0.29) is 11.4 Å². The molecule has 0 aliphatic rings. The predicted octanol–water partition coefficient (Wildman–Crippen LogP) is 2.97. The summed E-state index contributed by atoms with van der Waals surface area (Å²) in [6, 6.07) is 0. The normalized spacial score (nSPS) is 10.9. The Labute approximate surface area is 108 Å². The first-order chi connectivity index (χ1) is 8.00. The molecule has 1 N–H and O–H groups in total. The van der Waals surface area contributed by atoms with Crippen LogP contribution in [0.4, 0.5) is 5.82 Å². The van der Waals surface area contributed by atoms with Crippen LogP contribution in [0.1, 0.15) is 31.5 Å². The number of anilines is 1. The van der Waals surface area contributed by atoms with Crippen molar-refractivity contribution in [2.45, 2.75) is 40.2 Å². The van der Waals surface area contributed by atoms with Gasteiger partial charge in [-0.25, -0.2) is 9.97 Å². The predicted molar refractivity (Wildman–Crippen MR) is 70.7 cm³/mol. The van der Waals surface area contributed by atoms with Crippen molar-refractivity contribution in [2.75, 3.05) is 18.5 Å². The van der Waals surface area contributed by atoms with Crippen LogP contribution in [0.15, 0.2) is 0 Å². The van der Waals surface area contributed by atoms with Crippen molar-refractivity contribution >= 4 is 17.4 Å². The van der Waals surface area contributed by atoms with Gasteiger partial charge in [-0.3, -0.25) is 0 Å². The third-order valence-electron chi connectivity index (χ3n) is 2.43. The third-order valence-corrected chi connectivity index (χ3v) is 2.60. The fourth-order valence-electron chi connectivity index (χ4n) is 1.36. The highest BCUT2D eigenvalue weighted by Gasteiger charge is 2.05. The maximum Gasteiger partial charge on any atom is 0.224 e. The number of nitrogens with one attached hydrogen (secondary N) is 1. The molecule has 0 bridgehead atoms. The maximum absolute atomic E-state index is 5.82. The van der Waals surface area contributed by atoms with Crippen molar-refractivity contribution in [3.8, 4) is 0 Å². The molecule has 0 radical (unpaired) electrons. The number of halogens is 1. The molecular formula is C12H20ClN3O. The van der Waals surface area contributed by atoms with Gasteiger partial charge in [-0.15, -0.1) is 0 Å². The Morgan fingerprint density at radius 3 is 2.65 bits per heavy atom. The number of hydrogen-bond acceptors (Lipinski definition) is 4. The van der Waals surface area contributed by atoms with Crippen molar-refractivity contribution in [2.24, 2.45) is 0 Å². The second-order valence-electron chi connectivity index (χ2n) is 4.25. The van der Waals surface area contributed by atoms with Gasteiger partial charge in [0.2, 0.25) is 5.28 Å². The Hall–Kier alpha value is -0.870. The molecule has 96 valence electrons. The lowest BCUT2D eigenvalue weighted by molar-refractivity contribution is 0.0787. The zero-order valence-corrected chi connectivity index (χ0v) is 11.6.